The number of rotatable bonds is 4. The van der Waals surface area contributed by atoms with Crippen molar-refractivity contribution in [2.75, 3.05) is 0 Å². The Labute approximate surface area is 119 Å². The molecular weight excluding hydrogens is 258 g/mol. The second-order valence-corrected chi connectivity index (χ2v) is 7.02. The molecule has 114 valence electrons. The molecule has 2 aliphatic carbocycles. The zero-order chi connectivity index (χ0) is 15.0. The zero-order valence-electron chi connectivity index (χ0n) is 12.3. The summed E-state index contributed by atoms with van der Waals surface area (Å²) in [4.78, 5) is 23.7. The Balaban J connectivity index is 1.94. The van der Waals surface area contributed by atoms with Crippen molar-refractivity contribution in [1.29, 1.82) is 0 Å². The third-order valence-electron chi connectivity index (χ3n) is 5.31. The monoisotopic (exact) mass is 283 g/mol. The Morgan fingerprint density at radius 3 is 2.25 bits per heavy atom. The maximum absolute atomic E-state index is 12.2. The fourth-order valence-corrected chi connectivity index (χ4v) is 3.39. The molecule has 5 heteroatoms. The van der Waals surface area contributed by atoms with Gasteiger partial charge in [0.1, 0.15) is 0 Å². The summed E-state index contributed by atoms with van der Waals surface area (Å²) in [5.41, 5.74) is -1.20. The van der Waals surface area contributed by atoms with Crippen LogP contribution in [-0.4, -0.2) is 34.2 Å². The molecule has 2 fully saturated rings. The standard InChI is InChI=1S/C15H25NO4/c1-14(2)10(8-11(14)17)16-12(18)9-15(13(19)20)6-4-3-5-7-15/h10-11,17H,3-9H2,1-2H3,(H,16,18)(H,19,20). The van der Waals surface area contributed by atoms with E-state index in [1.165, 1.54) is 0 Å². The zero-order valence-corrected chi connectivity index (χ0v) is 12.3. The van der Waals surface area contributed by atoms with Gasteiger partial charge < -0.3 is 15.5 Å². The van der Waals surface area contributed by atoms with Crippen molar-refractivity contribution in [3.8, 4) is 0 Å². The van der Waals surface area contributed by atoms with E-state index in [1.807, 2.05) is 13.8 Å². The Hall–Kier alpha value is -1.10. The van der Waals surface area contributed by atoms with Gasteiger partial charge in [0.05, 0.1) is 11.5 Å². The number of carboxylic acids is 1. The van der Waals surface area contributed by atoms with Crippen molar-refractivity contribution in [1.82, 2.24) is 5.32 Å². The van der Waals surface area contributed by atoms with Gasteiger partial charge in [0.15, 0.2) is 0 Å². The van der Waals surface area contributed by atoms with Crippen LogP contribution in [0.25, 0.3) is 0 Å². The summed E-state index contributed by atoms with van der Waals surface area (Å²) >= 11 is 0. The summed E-state index contributed by atoms with van der Waals surface area (Å²) in [6.45, 7) is 3.83. The number of carboxylic acid groups (broad SMARTS) is 1. The normalized spacial score (nSPS) is 31.1. The van der Waals surface area contributed by atoms with E-state index in [-0.39, 0.29) is 23.8 Å². The number of aliphatic hydroxyl groups is 1. The molecule has 0 heterocycles. The largest absolute Gasteiger partial charge is 0.481 e. The quantitative estimate of drug-likeness (QED) is 0.732. The number of aliphatic hydroxyl groups excluding tert-OH is 1. The minimum Gasteiger partial charge on any atom is -0.481 e. The van der Waals surface area contributed by atoms with Crippen LogP contribution in [0.2, 0.25) is 0 Å². The van der Waals surface area contributed by atoms with E-state index in [2.05, 4.69) is 5.32 Å². The van der Waals surface area contributed by atoms with E-state index >= 15 is 0 Å². The first-order chi connectivity index (χ1) is 9.28. The summed E-state index contributed by atoms with van der Waals surface area (Å²) in [5.74, 6) is -1.04. The first kappa shape index (κ1) is 15.3. The van der Waals surface area contributed by atoms with Crippen LogP contribution < -0.4 is 5.32 Å². The second kappa shape index (κ2) is 5.35. The van der Waals surface area contributed by atoms with Crippen molar-refractivity contribution >= 4 is 11.9 Å². The first-order valence-corrected chi connectivity index (χ1v) is 7.49. The Bertz CT molecular complexity index is 399. The van der Waals surface area contributed by atoms with Gasteiger partial charge in [-0.05, 0) is 19.3 Å². The molecule has 20 heavy (non-hydrogen) atoms. The van der Waals surface area contributed by atoms with Crippen LogP contribution in [0.15, 0.2) is 0 Å². The molecule has 2 aliphatic rings. The molecule has 2 rings (SSSR count). The van der Waals surface area contributed by atoms with Crippen LogP contribution in [0, 0.1) is 10.8 Å². The first-order valence-electron chi connectivity index (χ1n) is 7.49. The average Bonchev–Trinajstić information content (AvgIpc) is 2.39. The van der Waals surface area contributed by atoms with E-state index in [1.54, 1.807) is 0 Å². The minimum absolute atomic E-state index is 0.0561. The van der Waals surface area contributed by atoms with Crippen molar-refractivity contribution in [3.05, 3.63) is 0 Å². The molecule has 0 aliphatic heterocycles. The number of nitrogens with one attached hydrogen (secondary N) is 1. The van der Waals surface area contributed by atoms with E-state index in [9.17, 15) is 19.8 Å². The van der Waals surface area contributed by atoms with Gasteiger partial charge in [0, 0.05) is 17.9 Å². The molecule has 0 saturated heterocycles. The fourth-order valence-electron chi connectivity index (χ4n) is 3.39. The Kier molecular flexibility index (Phi) is 4.09. The van der Waals surface area contributed by atoms with Gasteiger partial charge in [-0.1, -0.05) is 33.1 Å². The number of carbonyl (C=O) groups excluding carboxylic acids is 1. The molecule has 0 aromatic carbocycles. The molecular formula is C15H25NO4. The van der Waals surface area contributed by atoms with Gasteiger partial charge in [0.2, 0.25) is 5.91 Å². The highest BCUT2D eigenvalue weighted by molar-refractivity contribution is 5.85. The van der Waals surface area contributed by atoms with E-state index in [4.69, 9.17) is 0 Å². The predicted octanol–water partition coefficient (Wildman–Crippen LogP) is 1.69. The second-order valence-electron chi connectivity index (χ2n) is 7.02. The van der Waals surface area contributed by atoms with Gasteiger partial charge in [-0.15, -0.1) is 0 Å². The molecule has 2 atom stereocenters. The summed E-state index contributed by atoms with van der Waals surface area (Å²) in [6, 6.07) is -0.0561. The third kappa shape index (κ3) is 2.68. The molecule has 0 radical (unpaired) electrons. The fraction of sp³-hybridized carbons (Fsp3) is 0.867. The van der Waals surface area contributed by atoms with Crippen LogP contribution in [0.5, 0.6) is 0 Å². The summed E-state index contributed by atoms with van der Waals surface area (Å²) in [5, 5.41) is 22.0. The predicted molar refractivity (Wildman–Crippen MR) is 74.1 cm³/mol. The van der Waals surface area contributed by atoms with Crippen molar-refractivity contribution in [3.63, 3.8) is 0 Å². The van der Waals surface area contributed by atoms with E-state index in [0.717, 1.165) is 19.3 Å². The molecule has 2 saturated carbocycles. The van der Waals surface area contributed by atoms with Gasteiger partial charge in [-0.2, -0.15) is 0 Å². The molecule has 3 N–H and O–H groups in total. The lowest BCUT2D eigenvalue weighted by Gasteiger charge is -2.49. The van der Waals surface area contributed by atoms with Gasteiger partial charge in [-0.25, -0.2) is 0 Å². The number of aliphatic carboxylic acids is 1. The van der Waals surface area contributed by atoms with Crippen molar-refractivity contribution < 1.29 is 19.8 Å². The van der Waals surface area contributed by atoms with Crippen LogP contribution in [0.4, 0.5) is 0 Å². The highest BCUT2D eigenvalue weighted by atomic mass is 16.4. The minimum atomic E-state index is -0.880. The molecule has 1 amide bonds. The smallest absolute Gasteiger partial charge is 0.310 e. The van der Waals surface area contributed by atoms with Crippen molar-refractivity contribution in [2.45, 2.75) is 70.9 Å². The van der Waals surface area contributed by atoms with Crippen LogP contribution in [0.1, 0.15) is 58.8 Å². The maximum Gasteiger partial charge on any atom is 0.310 e. The summed E-state index contributed by atoms with van der Waals surface area (Å²) in [7, 11) is 0. The van der Waals surface area contributed by atoms with Gasteiger partial charge >= 0.3 is 5.97 Å². The van der Waals surface area contributed by atoms with Crippen LogP contribution in [0.3, 0.4) is 0 Å². The number of hydrogen-bond donors (Lipinski definition) is 3. The SMILES string of the molecule is CC1(C)C(O)CC1NC(=O)CC1(C(=O)O)CCCCC1. The molecule has 0 aromatic rings. The third-order valence-corrected chi connectivity index (χ3v) is 5.31. The van der Waals surface area contributed by atoms with Crippen LogP contribution in [-0.2, 0) is 9.59 Å². The van der Waals surface area contributed by atoms with E-state index < -0.39 is 17.5 Å². The van der Waals surface area contributed by atoms with Gasteiger partial charge in [0.25, 0.3) is 0 Å². The molecule has 0 aromatic heterocycles. The Morgan fingerprint density at radius 1 is 1.20 bits per heavy atom. The Morgan fingerprint density at radius 2 is 1.80 bits per heavy atom. The lowest BCUT2D eigenvalue weighted by Crippen LogP contribution is -2.61. The maximum atomic E-state index is 12.2. The lowest BCUT2D eigenvalue weighted by atomic mass is 9.64. The molecule has 0 bridgehead atoms. The summed E-state index contributed by atoms with van der Waals surface area (Å²) in [6.07, 6.45) is 4.22. The van der Waals surface area contributed by atoms with Crippen LogP contribution >= 0.6 is 0 Å². The van der Waals surface area contributed by atoms with Gasteiger partial charge in [-0.3, -0.25) is 9.59 Å². The topological polar surface area (TPSA) is 86.6 Å². The molecule has 2 unspecified atom stereocenters. The average molecular weight is 283 g/mol. The molecule has 0 spiro atoms. The number of hydrogen-bond acceptors (Lipinski definition) is 3. The number of amides is 1. The lowest BCUT2D eigenvalue weighted by molar-refractivity contribution is -0.155. The number of carbonyl (C=O) groups is 2. The highest BCUT2D eigenvalue weighted by Crippen LogP contribution is 2.42. The molecule has 5 nitrogen and oxygen atoms in total. The highest BCUT2D eigenvalue weighted by Gasteiger charge is 2.49. The van der Waals surface area contributed by atoms with Crippen molar-refractivity contribution in [2.24, 2.45) is 10.8 Å². The summed E-state index contributed by atoms with van der Waals surface area (Å²) < 4.78 is 0. The van der Waals surface area contributed by atoms with E-state index in [0.29, 0.717) is 19.3 Å².